The Labute approximate surface area is 114 Å². The van der Waals surface area contributed by atoms with Gasteiger partial charge in [0, 0.05) is 19.6 Å². The van der Waals surface area contributed by atoms with Crippen LogP contribution in [-0.4, -0.2) is 47.3 Å². The summed E-state index contributed by atoms with van der Waals surface area (Å²) in [5.41, 5.74) is 11.2. The number of likely N-dealkylation sites (N-methyl/N-ethyl adjacent to an activating group) is 1. The van der Waals surface area contributed by atoms with Gasteiger partial charge >= 0.3 is 0 Å². The van der Waals surface area contributed by atoms with Gasteiger partial charge in [-0.3, -0.25) is 4.79 Å². The quantitative estimate of drug-likeness (QED) is 0.278. The first-order valence-corrected chi connectivity index (χ1v) is 6.72. The average molecular weight is 278 g/mol. The molecule has 0 aromatic carbocycles. The highest BCUT2D eigenvalue weighted by Crippen LogP contribution is 2.03. The molecular formula is C10H22N4OS2. The number of nitrogens with one attached hydrogen (secondary N) is 1. The number of amides is 1. The molecule has 0 aromatic rings. The van der Waals surface area contributed by atoms with Crippen LogP contribution in [0.4, 0.5) is 0 Å². The number of carbonyl (C=O) groups excluding carboxylic acids is 1. The zero-order valence-corrected chi connectivity index (χ0v) is 11.9. The molecule has 0 aliphatic carbocycles. The van der Waals surface area contributed by atoms with Gasteiger partial charge in [-0.15, -0.1) is 0 Å². The van der Waals surface area contributed by atoms with E-state index in [0.717, 1.165) is 4.99 Å². The lowest BCUT2D eigenvalue weighted by atomic mass is 10.1. The molecule has 0 saturated carbocycles. The highest BCUT2D eigenvalue weighted by atomic mass is 32.1. The van der Waals surface area contributed by atoms with Crippen molar-refractivity contribution in [1.29, 1.82) is 0 Å². The van der Waals surface area contributed by atoms with E-state index in [0.29, 0.717) is 38.4 Å². The zero-order valence-electron chi connectivity index (χ0n) is 10.2. The Morgan fingerprint density at radius 2 is 2.24 bits per heavy atom. The van der Waals surface area contributed by atoms with Gasteiger partial charge in [0.15, 0.2) is 0 Å². The Balaban J connectivity index is 4.00. The number of carbonyl (C=O) groups is 1. The van der Waals surface area contributed by atoms with Crippen molar-refractivity contribution in [1.82, 2.24) is 10.2 Å². The number of thiol groups is 1. The maximum Gasteiger partial charge on any atom is 0.236 e. The number of nitrogens with two attached hydrogens (primary N) is 2. The van der Waals surface area contributed by atoms with Gasteiger partial charge in [-0.1, -0.05) is 12.2 Å². The highest BCUT2D eigenvalue weighted by Gasteiger charge is 2.14. The molecule has 0 heterocycles. The lowest BCUT2D eigenvalue weighted by Gasteiger charge is -2.23. The summed E-state index contributed by atoms with van der Waals surface area (Å²) in [5, 5.41) is 2.68. The summed E-state index contributed by atoms with van der Waals surface area (Å²) < 4.78 is 0. The number of hydrogen-bond donors (Lipinski definition) is 4. The Morgan fingerprint density at radius 1 is 1.59 bits per heavy atom. The molecule has 1 unspecified atom stereocenters. The molecule has 17 heavy (non-hydrogen) atoms. The number of nitrogens with zero attached hydrogens (tertiary/aromatic N) is 1. The fourth-order valence-electron chi connectivity index (χ4n) is 1.30. The van der Waals surface area contributed by atoms with Gasteiger partial charge in [0.05, 0.1) is 16.9 Å². The van der Waals surface area contributed by atoms with Gasteiger partial charge < -0.3 is 21.7 Å². The molecule has 5 nitrogen and oxygen atoms in total. The maximum absolute atomic E-state index is 11.4. The number of thiocarbonyl (C=S) groups is 1. The number of rotatable bonds is 8. The van der Waals surface area contributed by atoms with Gasteiger partial charge in [-0.05, 0) is 19.8 Å². The second-order valence-electron chi connectivity index (χ2n) is 3.63. The normalized spacial score (nSPS) is 12.0. The van der Waals surface area contributed by atoms with Crippen molar-refractivity contribution in [3.63, 3.8) is 0 Å². The van der Waals surface area contributed by atoms with Crippen LogP contribution in [0.5, 0.6) is 0 Å². The van der Waals surface area contributed by atoms with Gasteiger partial charge in [-0.2, -0.15) is 12.6 Å². The second kappa shape index (κ2) is 9.64. The second-order valence-corrected chi connectivity index (χ2v) is 4.38. The van der Waals surface area contributed by atoms with Crippen molar-refractivity contribution in [2.24, 2.45) is 11.5 Å². The lowest BCUT2D eigenvalue weighted by Crippen LogP contribution is -2.41. The molecule has 5 N–H and O–H groups in total. The molecule has 100 valence electrons. The van der Waals surface area contributed by atoms with Gasteiger partial charge in [0.25, 0.3) is 0 Å². The molecule has 0 spiro atoms. The summed E-state index contributed by atoms with van der Waals surface area (Å²) >= 11 is 9.42. The van der Waals surface area contributed by atoms with E-state index in [4.69, 9.17) is 23.7 Å². The Bertz CT molecular complexity index is 250. The first kappa shape index (κ1) is 16.6. The predicted octanol–water partition coefficient (Wildman–Crippen LogP) is -0.295. The van der Waals surface area contributed by atoms with Crippen LogP contribution in [0.3, 0.4) is 0 Å². The van der Waals surface area contributed by atoms with Crippen LogP contribution in [0.2, 0.25) is 0 Å². The van der Waals surface area contributed by atoms with Crippen LogP contribution in [-0.2, 0) is 4.79 Å². The first-order chi connectivity index (χ1) is 8.06. The summed E-state index contributed by atoms with van der Waals surface area (Å²) in [7, 11) is 0. The Kier molecular flexibility index (Phi) is 9.43. The molecule has 0 fully saturated rings. The van der Waals surface area contributed by atoms with Gasteiger partial charge in [0.1, 0.15) is 0 Å². The molecule has 1 atom stereocenters. The molecule has 0 aliphatic rings. The van der Waals surface area contributed by atoms with Crippen molar-refractivity contribution in [3.8, 4) is 0 Å². The largest absolute Gasteiger partial charge is 0.356 e. The minimum Gasteiger partial charge on any atom is -0.356 e. The fourth-order valence-corrected chi connectivity index (χ4v) is 1.99. The maximum atomic E-state index is 11.4. The SMILES string of the molecule is CCNC(=O)C(N)CCC(=S)N(CS)CCN. The molecule has 0 aliphatic heterocycles. The van der Waals surface area contributed by atoms with E-state index >= 15 is 0 Å². The van der Waals surface area contributed by atoms with E-state index in [1.807, 2.05) is 11.8 Å². The molecular weight excluding hydrogens is 256 g/mol. The van der Waals surface area contributed by atoms with E-state index in [9.17, 15) is 4.79 Å². The zero-order chi connectivity index (χ0) is 13.3. The molecule has 0 aromatic heterocycles. The standard InChI is InChI=1S/C10H22N4OS2/c1-2-13-10(15)8(12)3-4-9(17)14(7-16)6-5-11/h8,16H,2-7,11-12H2,1H3,(H,13,15). The van der Waals surface area contributed by atoms with Crippen LogP contribution in [0.25, 0.3) is 0 Å². The Hall–Kier alpha value is -0.370. The fraction of sp³-hybridized carbons (Fsp3) is 0.800. The van der Waals surface area contributed by atoms with Crippen LogP contribution < -0.4 is 16.8 Å². The Morgan fingerprint density at radius 3 is 2.71 bits per heavy atom. The summed E-state index contributed by atoms with van der Waals surface area (Å²) in [6, 6.07) is -0.507. The average Bonchev–Trinajstić information content (AvgIpc) is 2.32. The predicted molar refractivity (Wildman–Crippen MR) is 78.1 cm³/mol. The van der Waals surface area contributed by atoms with Crippen molar-refractivity contribution < 1.29 is 4.79 Å². The van der Waals surface area contributed by atoms with E-state index in [1.54, 1.807) is 0 Å². The number of hydrogen-bond acceptors (Lipinski definition) is 5. The summed E-state index contributed by atoms with van der Waals surface area (Å²) in [6.07, 6.45) is 1.15. The lowest BCUT2D eigenvalue weighted by molar-refractivity contribution is -0.122. The van der Waals surface area contributed by atoms with Crippen LogP contribution in [0.15, 0.2) is 0 Å². The van der Waals surface area contributed by atoms with E-state index < -0.39 is 6.04 Å². The van der Waals surface area contributed by atoms with Gasteiger partial charge in [-0.25, -0.2) is 0 Å². The molecule has 0 bridgehead atoms. The summed E-state index contributed by atoms with van der Waals surface area (Å²) in [4.78, 5) is 14.1. The van der Waals surface area contributed by atoms with E-state index in [-0.39, 0.29) is 5.91 Å². The monoisotopic (exact) mass is 278 g/mol. The molecule has 0 rings (SSSR count). The highest BCUT2D eigenvalue weighted by molar-refractivity contribution is 7.81. The minimum absolute atomic E-state index is 0.133. The molecule has 0 saturated heterocycles. The van der Waals surface area contributed by atoms with E-state index in [2.05, 4.69) is 17.9 Å². The molecule has 0 radical (unpaired) electrons. The third-order valence-electron chi connectivity index (χ3n) is 2.28. The van der Waals surface area contributed by atoms with Crippen LogP contribution >= 0.6 is 24.8 Å². The van der Waals surface area contributed by atoms with Crippen LogP contribution in [0.1, 0.15) is 19.8 Å². The first-order valence-electron chi connectivity index (χ1n) is 5.68. The smallest absolute Gasteiger partial charge is 0.236 e. The van der Waals surface area contributed by atoms with Crippen molar-refractivity contribution in [2.75, 3.05) is 25.5 Å². The topological polar surface area (TPSA) is 84.4 Å². The van der Waals surface area contributed by atoms with Crippen molar-refractivity contribution in [3.05, 3.63) is 0 Å². The molecule has 1 amide bonds. The molecule has 7 heteroatoms. The third-order valence-corrected chi connectivity index (χ3v) is 3.08. The minimum atomic E-state index is -0.507. The van der Waals surface area contributed by atoms with Gasteiger partial charge in [0.2, 0.25) is 5.91 Å². The summed E-state index contributed by atoms with van der Waals surface area (Å²) in [5.74, 6) is 0.401. The van der Waals surface area contributed by atoms with Crippen molar-refractivity contribution >= 4 is 35.7 Å². The third kappa shape index (κ3) is 6.82. The van der Waals surface area contributed by atoms with E-state index in [1.165, 1.54) is 0 Å². The van der Waals surface area contributed by atoms with Crippen LogP contribution in [0, 0.1) is 0 Å². The summed E-state index contributed by atoms with van der Waals surface area (Å²) in [6.45, 7) is 3.66. The van der Waals surface area contributed by atoms with Crippen molar-refractivity contribution in [2.45, 2.75) is 25.8 Å².